The van der Waals surface area contributed by atoms with E-state index in [-0.39, 0.29) is 68.9 Å². The van der Waals surface area contributed by atoms with Crippen LogP contribution in [0.15, 0.2) is 84.4 Å². The Morgan fingerprint density at radius 1 is 0.821 bits per heavy atom. The number of fused-ring (bicyclic) bond motifs is 3. The van der Waals surface area contributed by atoms with Gasteiger partial charge in [0.05, 0.1) is 30.6 Å². The molecule has 0 radical (unpaired) electrons. The molecule has 0 saturated heterocycles. The van der Waals surface area contributed by atoms with Crippen LogP contribution >= 0.6 is 11.8 Å². The number of thioether (sulfide) groups is 1. The average molecular weight is 1100 g/mol. The molecule has 1 unspecified atom stereocenters. The fourth-order valence-electron chi connectivity index (χ4n) is 8.81. The van der Waals surface area contributed by atoms with Crippen molar-refractivity contribution in [3.63, 3.8) is 0 Å². The van der Waals surface area contributed by atoms with E-state index in [4.69, 9.17) is 22.9 Å². The van der Waals surface area contributed by atoms with Crippen molar-refractivity contribution < 1.29 is 43.5 Å². The number of carbonyl (C=O) groups is 8. The van der Waals surface area contributed by atoms with Crippen LogP contribution in [0.2, 0.25) is 0 Å². The Labute approximate surface area is 453 Å². The molecule has 8 atom stereocenters. The third-order valence-electron chi connectivity index (χ3n) is 13.0. The van der Waals surface area contributed by atoms with Crippen LogP contribution in [0, 0.1) is 5.92 Å². The van der Waals surface area contributed by atoms with Crippen molar-refractivity contribution in [3.8, 4) is 0 Å². The molecular formula is C51H69N17O9S. The van der Waals surface area contributed by atoms with Gasteiger partial charge in [-0.3, -0.25) is 43.3 Å². The molecule has 0 spiro atoms. The number of carbonyl (C=O) groups excluding carboxylic acids is 7. The van der Waals surface area contributed by atoms with E-state index in [1.807, 2.05) is 24.3 Å². The maximum atomic E-state index is 14.9. The van der Waals surface area contributed by atoms with Crippen LogP contribution in [0.5, 0.6) is 0 Å². The largest absolute Gasteiger partial charge is 0.481 e. The standard InChI is InChI=1S/C51H69N17O9S/c1-78-19-16-34(50(76)77)43(69)38-24-33-26-68(67-66-33)27-42(65-44(70)35(53)13-7-8-17-52)49(75)64-41(23-32-25-56-28-58-32)48(74)62-39(20-29-10-3-2-4-11-29)46(72)60-37(15-9-18-57-51(54)55)45(71)63-40(47(73)61-38)22-31-21-30-12-5-6-14-36(30)59-31/h2-6,10-12,14,21,25-26,28,34-35,37-42,59H,7-9,13,15-20,22-24,27,52-53H2,1H3,(H,56,58)(H,60,72)(H,61,73)(H,62,74)(H,63,71)(H,64,75)(H,65,70)(H,76,77)(H4,54,55,57)/t34?,35-,37-,38-,39+,40-,41-,42-/m0/s1. The number of unbranched alkanes of at least 4 members (excludes halogenated alkanes) is 1. The number of aliphatic carboxylic acids is 1. The Morgan fingerprint density at radius 3 is 2.14 bits per heavy atom. The van der Waals surface area contributed by atoms with Crippen molar-refractivity contribution in [2.24, 2.45) is 33.8 Å². The molecule has 3 aromatic heterocycles. The minimum Gasteiger partial charge on any atom is -0.481 e. The minimum absolute atomic E-state index is 0.0392. The van der Waals surface area contributed by atoms with Crippen molar-refractivity contribution in [2.75, 3.05) is 25.1 Å². The summed E-state index contributed by atoms with van der Waals surface area (Å²) in [5.74, 6) is -8.76. The molecule has 418 valence electrons. The lowest BCUT2D eigenvalue weighted by molar-refractivity contribution is -0.148. The van der Waals surface area contributed by atoms with Crippen molar-refractivity contribution >= 4 is 75.8 Å². The second-order valence-electron chi connectivity index (χ2n) is 19.0. The van der Waals surface area contributed by atoms with Gasteiger partial charge in [0.25, 0.3) is 0 Å². The second kappa shape index (κ2) is 29.4. The maximum Gasteiger partial charge on any atom is 0.314 e. The first-order chi connectivity index (χ1) is 37.5. The van der Waals surface area contributed by atoms with E-state index in [2.05, 4.69) is 62.2 Å². The number of nitrogens with two attached hydrogens (primary N) is 4. The summed E-state index contributed by atoms with van der Waals surface area (Å²) in [5, 5.41) is 36.0. The lowest BCUT2D eigenvalue weighted by atomic mass is 9.92. The van der Waals surface area contributed by atoms with Gasteiger partial charge in [-0.25, -0.2) is 9.67 Å². The van der Waals surface area contributed by atoms with E-state index in [0.29, 0.717) is 36.3 Å². The van der Waals surface area contributed by atoms with Crippen LogP contribution in [0.4, 0.5) is 0 Å². The molecule has 27 heteroatoms. The number of amides is 6. The summed E-state index contributed by atoms with van der Waals surface area (Å²) in [6, 6.07) is 8.00. The summed E-state index contributed by atoms with van der Waals surface area (Å²) < 4.78 is 1.20. The van der Waals surface area contributed by atoms with E-state index in [1.54, 1.807) is 42.7 Å². The van der Waals surface area contributed by atoms with Crippen molar-refractivity contribution in [1.29, 1.82) is 0 Å². The zero-order valence-corrected chi connectivity index (χ0v) is 44.0. The highest BCUT2D eigenvalue weighted by Crippen LogP contribution is 2.19. The molecular weight excluding hydrogens is 1030 g/mol. The number of nitrogens with one attached hydrogen (secondary N) is 8. The van der Waals surface area contributed by atoms with Crippen molar-refractivity contribution in [3.05, 3.63) is 102 Å². The predicted octanol–water partition coefficient (Wildman–Crippen LogP) is -1.79. The lowest BCUT2D eigenvalue weighted by Crippen LogP contribution is -2.61. The topological polar surface area (TPSA) is 421 Å². The smallest absolute Gasteiger partial charge is 0.314 e. The van der Waals surface area contributed by atoms with Gasteiger partial charge in [0.2, 0.25) is 35.4 Å². The zero-order chi connectivity index (χ0) is 56.1. The molecule has 78 heavy (non-hydrogen) atoms. The van der Waals surface area contributed by atoms with E-state index in [9.17, 15) is 43.5 Å². The van der Waals surface area contributed by atoms with E-state index < -0.39 is 108 Å². The first kappa shape index (κ1) is 59.1. The third-order valence-corrected chi connectivity index (χ3v) is 13.6. The molecule has 17 N–H and O–H groups in total. The summed E-state index contributed by atoms with van der Waals surface area (Å²) in [5.41, 5.74) is 25.5. The molecule has 26 nitrogen and oxygen atoms in total. The Morgan fingerprint density at radius 2 is 1.47 bits per heavy atom. The maximum absolute atomic E-state index is 14.9. The van der Waals surface area contributed by atoms with Gasteiger partial charge in [0.15, 0.2) is 11.7 Å². The number of aromatic amines is 2. The van der Waals surface area contributed by atoms with Gasteiger partial charge in [-0.1, -0.05) is 60.2 Å². The summed E-state index contributed by atoms with van der Waals surface area (Å²) in [6.45, 7) is 0.00305. The number of aliphatic imine (C=N–C) groups is 1. The fourth-order valence-corrected chi connectivity index (χ4v) is 9.28. The van der Waals surface area contributed by atoms with E-state index in [1.165, 1.54) is 35.2 Å². The Balaban J connectivity index is 1.47. The molecule has 0 saturated carbocycles. The summed E-state index contributed by atoms with van der Waals surface area (Å²) in [6.07, 6.45) is 6.38. The number of H-pyrrole nitrogens is 2. The molecule has 0 aliphatic carbocycles. The average Bonchev–Trinajstić information content (AvgIpc) is 4.23. The highest BCUT2D eigenvalue weighted by atomic mass is 32.2. The number of carboxylic acids is 1. The molecule has 6 amide bonds. The molecule has 2 bridgehead atoms. The van der Waals surface area contributed by atoms with Gasteiger partial charge in [0.1, 0.15) is 36.1 Å². The summed E-state index contributed by atoms with van der Waals surface area (Å²) >= 11 is 1.32. The van der Waals surface area contributed by atoms with E-state index in [0.717, 1.165) is 10.9 Å². The molecule has 2 aromatic carbocycles. The Bertz CT molecular complexity index is 2820. The van der Waals surface area contributed by atoms with Crippen LogP contribution in [-0.4, -0.2) is 156 Å². The normalized spacial score (nSPS) is 20.6. The van der Waals surface area contributed by atoms with Gasteiger partial charge in [-0.15, -0.1) is 5.10 Å². The van der Waals surface area contributed by atoms with Crippen LogP contribution in [0.1, 0.15) is 61.2 Å². The van der Waals surface area contributed by atoms with Gasteiger partial charge < -0.3 is 69.9 Å². The summed E-state index contributed by atoms with van der Waals surface area (Å²) in [4.78, 5) is 129. The Kier molecular flexibility index (Phi) is 22.2. The fraction of sp³-hybridized carbons (Fsp3) is 0.451. The van der Waals surface area contributed by atoms with Gasteiger partial charge in [-0.2, -0.15) is 11.8 Å². The molecule has 5 aromatic rings. The molecule has 4 heterocycles. The SMILES string of the molecule is CSCCC(C(=O)O)C(=O)[C@@H]1Cc2cn(nn2)C[C@H](NC(=O)[C@@H](N)CCCCN)C(=O)N[C@@H](Cc2cnc[nH]2)C(=O)N[C@H](Cc2ccccc2)C(=O)N[C@@H](CCCN=C(N)N)C(=O)N[C@@H](Cc2cc3ccccc3[nH]2)C(=O)N1. The number of hydrogen-bond acceptors (Lipinski definition) is 15. The van der Waals surface area contributed by atoms with Crippen molar-refractivity contribution in [1.82, 2.24) is 61.8 Å². The quantitative estimate of drug-likeness (QED) is 0.0158. The minimum atomic E-state index is -1.58. The van der Waals surface area contributed by atoms with Crippen LogP contribution in [-0.2, 0) is 70.6 Å². The first-order valence-electron chi connectivity index (χ1n) is 25.6. The monoisotopic (exact) mass is 1100 g/mol. The number of ketones is 1. The zero-order valence-electron chi connectivity index (χ0n) is 43.2. The highest BCUT2D eigenvalue weighted by Gasteiger charge is 2.38. The molecule has 1 aliphatic heterocycles. The lowest BCUT2D eigenvalue weighted by Gasteiger charge is -2.28. The summed E-state index contributed by atoms with van der Waals surface area (Å²) in [7, 11) is 0. The number of carboxylic acid groups (broad SMARTS) is 1. The number of Topliss-reactive ketones (excluding diaryl/α,β-unsaturated/α-hetero) is 1. The number of rotatable bonds is 22. The Hall–Kier alpha value is -8.17. The first-order valence-corrected chi connectivity index (χ1v) is 27.0. The van der Waals surface area contributed by atoms with Crippen molar-refractivity contribution in [2.45, 2.75) is 113 Å². The number of hydrogen-bond donors (Lipinski definition) is 13. The number of guanidine groups is 1. The highest BCUT2D eigenvalue weighted by molar-refractivity contribution is 7.98. The van der Waals surface area contributed by atoms with Crippen LogP contribution in [0.3, 0.4) is 0 Å². The van der Waals surface area contributed by atoms with Crippen LogP contribution < -0.4 is 54.8 Å². The van der Waals surface area contributed by atoms with Gasteiger partial charge >= 0.3 is 5.97 Å². The molecule has 0 fully saturated rings. The van der Waals surface area contributed by atoms with Crippen LogP contribution in [0.25, 0.3) is 10.9 Å². The predicted molar refractivity (Wildman–Crippen MR) is 290 cm³/mol. The molecule has 6 rings (SSSR count). The number of nitrogens with zero attached hydrogens (tertiary/aromatic N) is 5. The number of benzene rings is 2. The van der Waals surface area contributed by atoms with E-state index >= 15 is 0 Å². The van der Waals surface area contributed by atoms with Gasteiger partial charge in [0, 0.05) is 61.5 Å². The number of para-hydroxylation sites is 1. The number of imidazole rings is 1. The molecule has 1 aliphatic rings. The number of aromatic nitrogens is 6. The van der Waals surface area contributed by atoms with Gasteiger partial charge in [-0.05, 0) is 73.7 Å². The third kappa shape index (κ3) is 17.7. The second-order valence-corrected chi connectivity index (χ2v) is 20.0.